The van der Waals surface area contributed by atoms with Crippen LogP contribution < -0.4 is 14.5 Å². The molecule has 1 aliphatic carbocycles. The average Bonchev–Trinajstić information content (AvgIpc) is 3.91. The summed E-state index contributed by atoms with van der Waals surface area (Å²) >= 11 is 6.78. The van der Waals surface area contributed by atoms with Gasteiger partial charge in [0.1, 0.15) is 12.4 Å². The maximum atomic E-state index is 12.7. The SMILES string of the molecule is C=CC(=O)N1CCN(c2nc(OCC3(CN(C)C4CC4)COC3)nc3c2C[C@H](C)N(c2cccc4cccc(Cl)c24)C3)CC1CC#N. The molecule has 3 aromatic rings. The van der Waals surface area contributed by atoms with E-state index in [9.17, 15) is 10.1 Å². The number of amides is 1. The first-order chi connectivity index (χ1) is 22.8. The average molecular weight is 656 g/mol. The Kier molecular flexibility index (Phi) is 8.73. The summed E-state index contributed by atoms with van der Waals surface area (Å²) < 4.78 is 12.2. The van der Waals surface area contributed by atoms with Gasteiger partial charge in [0.2, 0.25) is 5.91 Å². The molecule has 4 heterocycles. The molecule has 3 fully saturated rings. The molecule has 246 valence electrons. The molecule has 47 heavy (non-hydrogen) atoms. The lowest BCUT2D eigenvalue weighted by Gasteiger charge is -2.44. The van der Waals surface area contributed by atoms with Crippen LogP contribution in [0.2, 0.25) is 5.02 Å². The number of nitrogens with zero attached hydrogens (tertiary/aromatic N) is 7. The Labute approximate surface area is 281 Å². The van der Waals surface area contributed by atoms with E-state index in [1.165, 1.54) is 18.9 Å². The molecule has 2 atom stereocenters. The lowest BCUT2D eigenvalue weighted by atomic mass is 9.86. The smallest absolute Gasteiger partial charge is 0.318 e. The highest BCUT2D eigenvalue weighted by atomic mass is 35.5. The van der Waals surface area contributed by atoms with Gasteiger partial charge in [0.05, 0.1) is 54.4 Å². The number of piperazine rings is 1. The number of hydrogen-bond donors (Lipinski definition) is 0. The van der Waals surface area contributed by atoms with E-state index in [4.69, 9.17) is 31.0 Å². The van der Waals surface area contributed by atoms with E-state index in [1.807, 2.05) is 12.1 Å². The molecule has 0 spiro atoms. The summed E-state index contributed by atoms with van der Waals surface area (Å²) in [6.45, 7) is 10.7. The van der Waals surface area contributed by atoms with Crippen LogP contribution in [0.15, 0.2) is 49.1 Å². The number of carbonyl (C=O) groups excluding carboxylic acids is 1. The Morgan fingerprint density at radius 2 is 2.02 bits per heavy atom. The highest BCUT2D eigenvalue weighted by Crippen LogP contribution is 2.40. The van der Waals surface area contributed by atoms with Crippen molar-refractivity contribution in [1.82, 2.24) is 19.8 Å². The second-order valence-corrected chi connectivity index (χ2v) is 14.1. The molecule has 0 radical (unpaired) electrons. The number of carbonyl (C=O) groups is 1. The molecule has 4 aliphatic rings. The number of anilines is 2. The van der Waals surface area contributed by atoms with E-state index in [1.54, 1.807) is 4.90 Å². The number of halogens is 1. The fourth-order valence-electron chi connectivity index (χ4n) is 7.46. The van der Waals surface area contributed by atoms with Crippen LogP contribution in [0.3, 0.4) is 0 Å². The third-order valence-electron chi connectivity index (χ3n) is 10.2. The number of aromatic nitrogens is 2. The highest BCUT2D eigenvalue weighted by molar-refractivity contribution is 6.36. The lowest BCUT2D eigenvalue weighted by Crippen LogP contribution is -2.55. The Hall–Kier alpha value is -3.91. The monoisotopic (exact) mass is 655 g/mol. The van der Waals surface area contributed by atoms with Crippen LogP contribution in [0.1, 0.15) is 37.4 Å². The summed E-state index contributed by atoms with van der Waals surface area (Å²) in [7, 11) is 2.19. The second-order valence-electron chi connectivity index (χ2n) is 13.7. The predicted molar refractivity (Wildman–Crippen MR) is 183 cm³/mol. The zero-order valence-electron chi connectivity index (χ0n) is 27.2. The van der Waals surface area contributed by atoms with Gasteiger partial charge in [0.25, 0.3) is 0 Å². The molecule has 2 aromatic carbocycles. The summed E-state index contributed by atoms with van der Waals surface area (Å²) in [5.74, 6) is 0.677. The van der Waals surface area contributed by atoms with Gasteiger partial charge in [-0.2, -0.15) is 15.2 Å². The van der Waals surface area contributed by atoms with Crippen molar-refractivity contribution >= 4 is 39.8 Å². The van der Waals surface area contributed by atoms with Crippen molar-refractivity contribution in [3.05, 3.63) is 65.3 Å². The minimum Gasteiger partial charge on any atom is -0.463 e. The Bertz CT molecular complexity index is 1710. The van der Waals surface area contributed by atoms with Gasteiger partial charge >= 0.3 is 6.01 Å². The minimum absolute atomic E-state index is 0.0917. The van der Waals surface area contributed by atoms with E-state index in [0.29, 0.717) is 58.1 Å². The zero-order chi connectivity index (χ0) is 32.7. The summed E-state index contributed by atoms with van der Waals surface area (Å²) in [5.41, 5.74) is 2.99. The van der Waals surface area contributed by atoms with Gasteiger partial charge in [-0.25, -0.2) is 0 Å². The molecule has 1 unspecified atom stereocenters. The van der Waals surface area contributed by atoms with E-state index in [-0.39, 0.29) is 29.8 Å². The molecular weight excluding hydrogens is 614 g/mol. The predicted octanol–water partition coefficient (Wildman–Crippen LogP) is 4.84. The number of nitriles is 1. The Morgan fingerprint density at radius 3 is 2.72 bits per heavy atom. The van der Waals surface area contributed by atoms with E-state index in [0.717, 1.165) is 51.5 Å². The van der Waals surface area contributed by atoms with Crippen molar-refractivity contribution in [2.75, 3.05) is 62.8 Å². The second kappa shape index (κ2) is 12.9. The summed E-state index contributed by atoms with van der Waals surface area (Å²) in [6, 6.07) is 15.5. The van der Waals surface area contributed by atoms with Gasteiger partial charge in [-0.15, -0.1) is 0 Å². The van der Waals surface area contributed by atoms with Crippen molar-refractivity contribution in [3.63, 3.8) is 0 Å². The van der Waals surface area contributed by atoms with E-state index in [2.05, 4.69) is 65.6 Å². The fraction of sp³-hybridized carbons (Fsp3) is 0.500. The maximum Gasteiger partial charge on any atom is 0.318 e. The van der Waals surface area contributed by atoms with Crippen molar-refractivity contribution in [1.29, 1.82) is 5.26 Å². The molecule has 1 aromatic heterocycles. The highest BCUT2D eigenvalue weighted by Gasteiger charge is 2.43. The van der Waals surface area contributed by atoms with Gasteiger partial charge in [0.15, 0.2) is 0 Å². The van der Waals surface area contributed by atoms with Gasteiger partial charge in [-0.05, 0) is 56.8 Å². The summed E-state index contributed by atoms with van der Waals surface area (Å²) in [4.78, 5) is 31.6. The number of rotatable bonds is 10. The maximum absolute atomic E-state index is 12.7. The standard InChI is InChI=1S/C36H42ClN7O3/c1-4-32(45)43-16-15-42(18-27(43)13-14-38)34-28-17-24(2)44(31-10-6-8-25-7-5-9-29(37)33(25)31)19-30(28)39-35(40-34)47-23-36(21-46-22-36)20-41(3)26-11-12-26/h4-10,24,26-27H,1,11-13,15-23H2,2-3H3/t24-,27?/m0/s1. The van der Waals surface area contributed by atoms with Gasteiger partial charge < -0.3 is 29.1 Å². The third-order valence-corrected chi connectivity index (χ3v) is 10.5. The number of hydrogen-bond acceptors (Lipinski definition) is 9. The van der Waals surface area contributed by atoms with Crippen LogP contribution in [0.4, 0.5) is 11.5 Å². The van der Waals surface area contributed by atoms with Crippen LogP contribution in [0.25, 0.3) is 10.8 Å². The molecule has 7 rings (SSSR count). The number of ether oxygens (including phenoxy) is 2. The van der Waals surface area contributed by atoms with E-state index < -0.39 is 0 Å². The molecule has 0 bridgehead atoms. The fourth-order valence-corrected chi connectivity index (χ4v) is 7.74. The molecule has 11 heteroatoms. The molecule has 2 saturated heterocycles. The normalized spacial score (nSPS) is 22.1. The third kappa shape index (κ3) is 6.24. The Balaban J connectivity index is 1.23. The molecule has 1 amide bonds. The van der Waals surface area contributed by atoms with Crippen molar-refractivity contribution in [3.8, 4) is 12.1 Å². The molecule has 0 N–H and O–H groups in total. The topological polar surface area (TPSA) is 98.1 Å². The van der Waals surface area contributed by atoms with Crippen molar-refractivity contribution in [2.45, 2.75) is 57.3 Å². The minimum atomic E-state index is -0.266. The summed E-state index contributed by atoms with van der Waals surface area (Å²) in [5, 5.41) is 12.5. The first kappa shape index (κ1) is 31.7. The van der Waals surface area contributed by atoms with Gasteiger partial charge in [-0.3, -0.25) is 4.79 Å². The van der Waals surface area contributed by atoms with Crippen LogP contribution >= 0.6 is 11.6 Å². The summed E-state index contributed by atoms with van der Waals surface area (Å²) in [6.07, 6.45) is 4.79. The van der Waals surface area contributed by atoms with Crippen LogP contribution in [0, 0.1) is 16.7 Å². The van der Waals surface area contributed by atoms with Crippen molar-refractivity contribution < 1.29 is 14.3 Å². The zero-order valence-corrected chi connectivity index (χ0v) is 28.0. The van der Waals surface area contributed by atoms with Crippen LogP contribution in [-0.4, -0.2) is 96.8 Å². The quantitative estimate of drug-likeness (QED) is 0.284. The number of fused-ring (bicyclic) bond motifs is 2. The molecular formula is C36H42ClN7O3. The van der Waals surface area contributed by atoms with Gasteiger partial charge in [-0.1, -0.05) is 42.4 Å². The number of benzene rings is 2. The first-order valence-corrected chi connectivity index (χ1v) is 17.0. The van der Waals surface area contributed by atoms with Crippen molar-refractivity contribution in [2.24, 2.45) is 5.41 Å². The largest absolute Gasteiger partial charge is 0.463 e. The van der Waals surface area contributed by atoms with Crippen LogP contribution in [0.5, 0.6) is 6.01 Å². The lowest BCUT2D eigenvalue weighted by molar-refractivity contribution is -0.143. The molecule has 1 saturated carbocycles. The van der Waals surface area contributed by atoms with Crippen LogP contribution in [-0.2, 0) is 22.5 Å². The van der Waals surface area contributed by atoms with E-state index >= 15 is 0 Å². The molecule has 3 aliphatic heterocycles. The first-order valence-electron chi connectivity index (χ1n) is 16.6. The van der Waals surface area contributed by atoms with Gasteiger partial charge in [0, 0.05) is 54.9 Å². The molecule has 10 nitrogen and oxygen atoms in total. The Morgan fingerprint density at radius 1 is 1.23 bits per heavy atom.